The van der Waals surface area contributed by atoms with Gasteiger partial charge in [0.05, 0.1) is 23.8 Å². The average molecular weight is 370 g/mol. The Labute approximate surface area is 144 Å². The Morgan fingerprint density at radius 3 is 2.58 bits per heavy atom. The lowest BCUT2D eigenvalue weighted by Crippen LogP contribution is -2.37. The number of benzene rings is 1. The summed E-state index contributed by atoms with van der Waals surface area (Å²) in [4.78, 5) is 14.6. The number of nitrogens with one attached hydrogen (secondary N) is 1. The van der Waals surface area contributed by atoms with Crippen molar-refractivity contribution in [3.63, 3.8) is 0 Å². The Bertz CT molecular complexity index is 840. The van der Waals surface area contributed by atoms with Crippen LogP contribution < -0.4 is 10.2 Å². The molecule has 0 unspecified atom stereocenters. The highest BCUT2D eigenvalue weighted by molar-refractivity contribution is 7.90. The first-order chi connectivity index (χ1) is 11.4. The predicted molar refractivity (Wildman–Crippen MR) is 90.7 cm³/mol. The SMILES string of the molecule is CS(=O)(=O)c1ccccc1Nc1nc(Cl)nc(N2CCOCC2)n1. The van der Waals surface area contributed by atoms with Crippen LogP contribution in [0.5, 0.6) is 0 Å². The molecular weight excluding hydrogens is 354 g/mol. The lowest BCUT2D eigenvalue weighted by atomic mass is 10.3. The molecule has 10 heteroatoms. The molecule has 1 fully saturated rings. The van der Waals surface area contributed by atoms with Crippen molar-refractivity contribution in [3.8, 4) is 0 Å². The van der Waals surface area contributed by atoms with E-state index in [1.807, 2.05) is 4.90 Å². The number of ether oxygens (including phenoxy) is 1. The molecule has 3 rings (SSSR count). The van der Waals surface area contributed by atoms with Crippen molar-refractivity contribution in [3.05, 3.63) is 29.5 Å². The van der Waals surface area contributed by atoms with Crippen LogP contribution >= 0.6 is 11.6 Å². The number of anilines is 3. The minimum atomic E-state index is -3.39. The Hall–Kier alpha value is -1.97. The quantitative estimate of drug-likeness (QED) is 0.866. The number of nitrogens with zero attached hydrogens (tertiary/aromatic N) is 4. The summed E-state index contributed by atoms with van der Waals surface area (Å²) in [6.07, 6.45) is 1.15. The number of aromatic nitrogens is 3. The minimum absolute atomic E-state index is 0.0332. The minimum Gasteiger partial charge on any atom is -0.378 e. The van der Waals surface area contributed by atoms with E-state index in [4.69, 9.17) is 16.3 Å². The maximum absolute atomic E-state index is 11.9. The third kappa shape index (κ3) is 3.92. The molecule has 2 aromatic rings. The molecule has 0 aliphatic carbocycles. The lowest BCUT2D eigenvalue weighted by Gasteiger charge is -2.26. The number of hydrogen-bond acceptors (Lipinski definition) is 8. The molecule has 0 amide bonds. The van der Waals surface area contributed by atoms with Crippen LogP contribution in [0.4, 0.5) is 17.6 Å². The number of hydrogen-bond donors (Lipinski definition) is 1. The van der Waals surface area contributed by atoms with E-state index >= 15 is 0 Å². The first-order valence-electron chi connectivity index (χ1n) is 7.24. The van der Waals surface area contributed by atoms with E-state index in [1.165, 1.54) is 6.07 Å². The molecule has 0 spiro atoms. The maximum Gasteiger partial charge on any atom is 0.233 e. The van der Waals surface area contributed by atoms with Gasteiger partial charge in [-0.15, -0.1) is 0 Å². The molecule has 0 atom stereocenters. The van der Waals surface area contributed by atoms with Crippen LogP contribution in [0.25, 0.3) is 0 Å². The second-order valence-electron chi connectivity index (χ2n) is 5.22. The second kappa shape index (κ2) is 6.88. The highest BCUT2D eigenvalue weighted by atomic mass is 35.5. The van der Waals surface area contributed by atoms with Crippen molar-refractivity contribution in [2.45, 2.75) is 4.90 Å². The highest BCUT2D eigenvalue weighted by Gasteiger charge is 2.18. The number of morpholine rings is 1. The van der Waals surface area contributed by atoms with Crippen molar-refractivity contribution in [2.24, 2.45) is 0 Å². The van der Waals surface area contributed by atoms with E-state index in [2.05, 4.69) is 20.3 Å². The number of para-hydroxylation sites is 1. The molecular formula is C14H16ClN5O3S. The molecule has 1 aliphatic heterocycles. The molecule has 1 aliphatic rings. The van der Waals surface area contributed by atoms with Crippen molar-refractivity contribution >= 4 is 39.0 Å². The van der Waals surface area contributed by atoms with E-state index in [0.29, 0.717) is 37.9 Å². The summed E-state index contributed by atoms with van der Waals surface area (Å²) in [5, 5.41) is 2.95. The maximum atomic E-state index is 11.9. The first-order valence-corrected chi connectivity index (χ1v) is 9.51. The van der Waals surface area contributed by atoms with Gasteiger partial charge in [-0.1, -0.05) is 12.1 Å². The van der Waals surface area contributed by atoms with Crippen LogP contribution in [0.2, 0.25) is 5.28 Å². The first kappa shape index (κ1) is 16.9. The Morgan fingerprint density at radius 1 is 1.17 bits per heavy atom. The molecule has 8 nitrogen and oxygen atoms in total. The molecule has 1 aromatic carbocycles. The smallest absolute Gasteiger partial charge is 0.233 e. The summed E-state index contributed by atoms with van der Waals surface area (Å²) in [6, 6.07) is 6.54. The number of halogens is 1. The molecule has 1 saturated heterocycles. The van der Waals surface area contributed by atoms with Crippen LogP contribution in [0.15, 0.2) is 29.2 Å². The van der Waals surface area contributed by atoms with Gasteiger partial charge in [0.1, 0.15) is 0 Å². The van der Waals surface area contributed by atoms with Gasteiger partial charge in [-0.3, -0.25) is 0 Å². The van der Waals surface area contributed by atoms with Gasteiger partial charge in [-0.25, -0.2) is 8.42 Å². The van der Waals surface area contributed by atoms with E-state index in [9.17, 15) is 8.42 Å². The van der Waals surface area contributed by atoms with Crippen molar-refractivity contribution < 1.29 is 13.2 Å². The fourth-order valence-electron chi connectivity index (χ4n) is 2.31. The summed E-state index contributed by atoms with van der Waals surface area (Å²) >= 11 is 5.99. The van der Waals surface area contributed by atoms with Gasteiger partial charge in [0.15, 0.2) is 9.84 Å². The van der Waals surface area contributed by atoms with Crippen LogP contribution in [0.3, 0.4) is 0 Å². The summed E-state index contributed by atoms with van der Waals surface area (Å²) < 4.78 is 29.1. The van der Waals surface area contributed by atoms with Gasteiger partial charge in [0, 0.05) is 19.3 Å². The van der Waals surface area contributed by atoms with E-state index in [1.54, 1.807) is 18.2 Å². The zero-order chi connectivity index (χ0) is 17.2. The summed E-state index contributed by atoms with van der Waals surface area (Å²) in [6.45, 7) is 2.48. The van der Waals surface area contributed by atoms with E-state index in [0.717, 1.165) is 6.26 Å². The summed E-state index contributed by atoms with van der Waals surface area (Å²) in [7, 11) is -3.39. The lowest BCUT2D eigenvalue weighted by molar-refractivity contribution is 0.122. The Morgan fingerprint density at radius 2 is 1.88 bits per heavy atom. The van der Waals surface area contributed by atoms with Crippen LogP contribution in [-0.2, 0) is 14.6 Å². The highest BCUT2D eigenvalue weighted by Crippen LogP contribution is 2.24. The third-order valence-electron chi connectivity index (χ3n) is 3.42. The monoisotopic (exact) mass is 369 g/mol. The van der Waals surface area contributed by atoms with Crippen molar-refractivity contribution in [1.29, 1.82) is 0 Å². The molecule has 2 heterocycles. The fourth-order valence-corrected chi connectivity index (χ4v) is 3.31. The molecule has 1 aromatic heterocycles. The van der Waals surface area contributed by atoms with Crippen molar-refractivity contribution in [1.82, 2.24) is 15.0 Å². The second-order valence-corrected chi connectivity index (χ2v) is 7.54. The molecule has 128 valence electrons. The zero-order valence-electron chi connectivity index (χ0n) is 12.9. The van der Waals surface area contributed by atoms with Gasteiger partial charge in [-0.2, -0.15) is 15.0 Å². The van der Waals surface area contributed by atoms with Gasteiger partial charge >= 0.3 is 0 Å². The van der Waals surface area contributed by atoms with Gasteiger partial charge in [0.25, 0.3) is 0 Å². The molecule has 1 N–H and O–H groups in total. The Kier molecular flexibility index (Phi) is 4.83. The molecule has 0 saturated carbocycles. The topological polar surface area (TPSA) is 97.3 Å². The normalized spacial score (nSPS) is 15.3. The Balaban J connectivity index is 1.92. The van der Waals surface area contributed by atoms with Gasteiger partial charge < -0.3 is 15.0 Å². The molecule has 0 radical (unpaired) electrons. The zero-order valence-corrected chi connectivity index (χ0v) is 14.5. The summed E-state index contributed by atoms with van der Waals surface area (Å²) in [5.74, 6) is 0.616. The van der Waals surface area contributed by atoms with E-state index in [-0.39, 0.29) is 16.1 Å². The average Bonchev–Trinajstić information content (AvgIpc) is 2.55. The largest absolute Gasteiger partial charge is 0.378 e. The van der Waals surface area contributed by atoms with E-state index < -0.39 is 9.84 Å². The fraction of sp³-hybridized carbons (Fsp3) is 0.357. The van der Waals surface area contributed by atoms with Crippen molar-refractivity contribution in [2.75, 3.05) is 42.8 Å². The van der Waals surface area contributed by atoms with Gasteiger partial charge in [0.2, 0.25) is 17.2 Å². The molecule has 0 bridgehead atoms. The predicted octanol–water partition coefficient (Wildman–Crippen LogP) is 1.51. The van der Waals surface area contributed by atoms with Gasteiger partial charge in [-0.05, 0) is 23.7 Å². The van der Waals surface area contributed by atoms with Crippen LogP contribution in [0, 0.1) is 0 Å². The summed E-state index contributed by atoms with van der Waals surface area (Å²) in [5.41, 5.74) is 0.384. The standard InChI is InChI=1S/C14H16ClN5O3S/c1-24(21,22)11-5-3-2-4-10(11)16-13-17-12(15)18-14(19-13)20-6-8-23-9-7-20/h2-5H,6-9H2,1H3,(H,16,17,18,19). The molecule has 24 heavy (non-hydrogen) atoms. The van der Waals surface area contributed by atoms with Crippen LogP contribution in [0.1, 0.15) is 0 Å². The number of sulfone groups is 1. The number of rotatable bonds is 4. The van der Waals surface area contributed by atoms with Crippen LogP contribution in [-0.4, -0.2) is 55.9 Å². The third-order valence-corrected chi connectivity index (χ3v) is 4.75.